The van der Waals surface area contributed by atoms with E-state index in [-0.39, 0.29) is 10.8 Å². The standard InChI is InChI=1S/C13H13BrClNO2S2/c1-16(9-11-3-2-6-19-11)20(17,18)13-7-10(8-15)4-5-12(13)14/h2-7H,8-9H2,1H3. The van der Waals surface area contributed by atoms with Crippen LogP contribution in [-0.2, 0) is 22.4 Å². The summed E-state index contributed by atoms with van der Waals surface area (Å²) in [5.74, 6) is 0.282. The Hall–Kier alpha value is -0.400. The molecular formula is C13H13BrClNO2S2. The number of nitrogens with zero attached hydrogens (tertiary/aromatic N) is 1. The zero-order chi connectivity index (χ0) is 14.8. The van der Waals surface area contributed by atoms with Crippen LogP contribution >= 0.6 is 38.9 Å². The van der Waals surface area contributed by atoms with Crippen LogP contribution in [0.5, 0.6) is 0 Å². The van der Waals surface area contributed by atoms with Gasteiger partial charge in [0.25, 0.3) is 0 Å². The number of rotatable bonds is 5. The summed E-state index contributed by atoms with van der Waals surface area (Å²) in [5.41, 5.74) is 0.776. The Morgan fingerprint density at radius 3 is 2.70 bits per heavy atom. The first kappa shape index (κ1) is 16.0. The number of halogens is 2. The molecule has 2 aromatic rings. The summed E-state index contributed by atoms with van der Waals surface area (Å²) in [7, 11) is -1.97. The lowest BCUT2D eigenvalue weighted by Gasteiger charge is -2.18. The normalized spacial score (nSPS) is 12.0. The third kappa shape index (κ3) is 3.43. The first-order chi connectivity index (χ1) is 9.45. The van der Waals surface area contributed by atoms with Crippen molar-refractivity contribution in [1.82, 2.24) is 4.31 Å². The molecular weight excluding hydrogens is 382 g/mol. The van der Waals surface area contributed by atoms with Crippen molar-refractivity contribution < 1.29 is 8.42 Å². The average Bonchev–Trinajstić information content (AvgIpc) is 2.92. The van der Waals surface area contributed by atoms with Crippen molar-refractivity contribution in [2.45, 2.75) is 17.3 Å². The van der Waals surface area contributed by atoms with Crippen LogP contribution in [0.2, 0.25) is 0 Å². The predicted molar refractivity (Wildman–Crippen MR) is 86.7 cm³/mol. The Kier molecular flexibility index (Phi) is 5.25. The lowest BCUT2D eigenvalue weighted by molar-refractivity contribution is 0.469. The molecule has 0 aliphatic heterocycles. The Morgan fingerprint density at radius 2 is 2.10 bits per heavy atom. The van der Waals surface area contributed by atoms with Crippen LogP contribution in [0.3, 0.4) is 0 Å². The van der Waals surface area contributed by atoms with Gasteiger partial charge in [-0.05, 0) is 45.1 Å². The molecule has 7 heteroatoms. The molecule has 2 rings (SSSR count). The topological polar surface area (TPSA) is 37.4 Å². The van der Waals surface area contributed by atoms with E-state index < -0.39 is 10.0 Å². The monoisotopic (exact) mass is 393 g/mol. The second kappa shape index (κ2) is 6.58. The maximum Gasteiger partial charge on any atom is 0.244 e. The molecule has 0 saturated carbocycles. The second-order valence-corrected chi connectivity index (χ2v) is 8.41. The van der Waals surface area contributed by atoms with Gasteiger partial charge < -0.3 is 0 Å². The molecule has 20 heavy (non-hydrogen) atoms. The summed E-state index contributed by atoms with van der Waals surface area (Å²) in [6.45, 7) is 0.359. The molecule has 0 fully saturated rings. The van der Waals surface area contributed by atoms with Crippen LogP contribution in [-0.4, -0.2) is 19.8 Å². The smallest absolute Gasteiger partial charge is 0.207 e. The van der Waals surface area contributed by atoms with Crippen molar-refractivity contribution in [1.29, 1.82) is 0 Å². The van der Waals surface area contributed by atoms with Gasteiger partial charge in [0.05, 0.1) is 4.90 Å². The van der Waals surface area contributed by atoms with Crippen molar-refractivity contribution in [3.8, 4) is 0 Å². The van der Waals surface area contributed by atoms with Gasteiger partial charge in [-0.15, -0.1) is 22.9 Å². The van der Waals surface area contributed by atoms with Gasteiger partial charge >= 0.3 is 0 Å². The number of alkyl halides is 1. The van der Waals surface area contributed by atoms with E-state index in [4.69, 9.17) is 11.6 Å². The van der Waals surface area contributed by atoms with Gasteiger partial charge in [0.2, 0.25) is 10.0 Å². The minimum Gasteiger partial charge on any atom is -0.207 e. The van der Waals surface area contributed by atoms with E-state index in [2.05, 4.69) is 15.9 Å². The fourth-order valence-electron chi connectivity index (χ4n) is 1.70. The molecule has 0 aliphatic carbocycles. The van der Waals surface area contributed by atoms with Crippen LogP contribution in [0, 0.1) is 0 Å². The van der Waals surface area contributed by atoms with Crippen LogP contribution in [0.4, 0.5) is 0 Å². The highest BCUT2D eigenvalue weighted by atomic mass is 79.9. The molecule has 1 aromatic carbocycles. The number of sulfonamides is 1. The highest BCUT2D eigenvalue weighted by Gasteiger charge is 2.24. The largest absolute Gasteiger partial charge is 0.244 e. The first-order valence-corrected chi connectivity index (χ1v) is 9.43. The highest BCUT2D eigenvalue weighted by Crippen LogP contribution is 2.27. The molecule has 0 N–H and O–H groups in total. The molecule has 0 amide bonds. The van der Waals surface area contributed by atoms with Gasteiger partial charge in [-0.3, -0.25) is 0 Å². The zero-order valence-corrected chi connectivity index (χ0v) is 14.7. The van der Waals surface area contributed by atoms with Gasteiger partial charge in [-0.2, -0.15) is 4.31 Å². The van der Waals surface area contributed by atoms with Crippen molar-refractivity contribution in [3.63, 3.8) is 0 Å². The van der Waals surface area contributed by atoms with Gasteiger partial charge in [0.1, 0.15) is 0 Å². The van der Waals surface area contributed by atoms with Crippen LogP contribution in [0.15, 0.2) is 45.1 Å². The number of benzene rings is 1. The molecule has 0 unspecified atom stereocenters. The third-order valence-electron chi connectivity index (χ3n) is 2.80. The van der Waals surface area contributed by atoms with E-state index in [0.29, 0.717) is 11.0 Å². The summed E-state index contributed by atoms with van der Waals surface area (Å²) in [4.78, 5) is 1.25. The minimum atomic E-state index is -3.54. The zero-order valence-electron chi connectivity index (χ0n) is 10.7. The molecule has 1 aromatic heterocycles. The Morgan fingerprint density at radius 1 is 1.35 bits per heavy atom. The second-order valence-electron chi connectivity index (χ2n) is 4.24. The maximum atomic E-state index is 12.6. The highest BCUT2D eigenvalue weighted by molar-refractivity contribution is 9.10. The Balaban J connectivity index is 2.34. The number of hydrogen-bond acceptors (Lipinski definition) is 3. The van der Waals surface area contributed by atoms with Gasteiger partial charge in [-0.25, -0.2) is 8.42 Å². The van der Waals surface area contributed by atoms with Crippen molar-refractivity contribution in [2.75, 3.05) is 7.05 Å². The van der Waals surface area contributed by atoms with E-state index in [9.17, 15) is 8.42 Å². The number of thiophene rings is 1. The van der Waals surface area contributed by atoms with Crippen molar-refractivity contribution in [3.05, 3.63) is 50.6 Å². The average molecular weight is 395 g/mol. The minimum absolute atomic E-state index is 0.245. The van der Waals surface area contributed by atoms with Gasteiger partial charge in [-0.1, -0.05) is 12.1 Å². The molecule has 0 radical (unpaired) electrons. The molecule has 3 nitrogen and oxygen atoms in total. The Labute approximate surface area is 136 Å². The molecule has 0 aliphatic rings. The van der Waals surface area contributed by atoms with Crippen molar-refractivity contribution in [2.24, 2.45) is 0 Å². The van der Waals surface area contributed by atoms with E-state index in [1.54, 1.807) is 25.2 Å². The molecule has 0 saturated heterocycles. The fourth-order valence-corrected chi connectivity index (χ4v) is 4.83. The molecule has 0 bridgehead atoms. The summed E-state index contributed by atoms with van der Waals surface area (Å²) < 4.78 is 27.1. The van der Waals surface area contributed by atoms with E-state index in [0.717, 1.165) is 10.4 Å². The van der Waals surface area contributed by atoms with Crippen molar-refractivity contribution >= 4 is 48.9 Å². The van der Waals surface area contributed by atoms with Gasteiger partial charge in [0.15, 0.2) is 0 Å². The summed E-state index contributed by atoms with van der Waals surface area (Å²) >= 11 is 10.6. The molecule has 0 atom stereocenters. The molecule has 1 heterocycles. The molecule has 108 valence electrons. The molecule has 0 spiro atoms. The lowest BCUT2D eigenvalue weighted by atomic mass is 10.2. The summed E-state index contributed by atoms with van der Waals surface area (Å²) in [5, 5.41) is 1.93. The third-order valence-corrected chi connectivity index (χ3v) is 6.76. The van der Waals surface area contributed by atoms with E-state index in [1.807, 2.05) is 17.5 Å². The van der Waals surface area contributed by atoms with Gasteiger partial charge in [0, 0.05) is 28.8 Å². The van der Waals surface area contributed by atoms with E-state index >= 15 is 0 Å². The van der Waals surface area contributed by atoms with Crippen LogP contribution in [0.1, 0.15) is 10.4 Å². The SMILES string of the molecule is CN(Cc1cccs1)S(=O)(=O)c1cc(CCl)ccc1Br. The maximum absolute atomic E-state index is 12.6. The first-order valence-electron chi connectivity index (χ1n) is 5.78. The van der Waals surface area contributed by atoms with Crippen LogP contribution < -0.4 is 0 Å². The quantitative estimate of drug-likeness (QED) is 0.717. The summed E-state index contributed by atoms with van der Waals surface area (Å²) in [6, 6.07) is 8.95. The summed E-state index contributed by atoms with van der Waals surface area (Å²) in [6.07, 6.45) is 0. The number of hydrogen-bond donors (Lipinski definition) is 0. The predicted octanol–water partition coefficient (Wildman–Crippen LogP) is 4.07. The Bertz CT molecular complexity index is 686. The fraction of sp³-hybridized carbons (Fsp3) is 0.231. The van der Waals surface area contributed by atoms with Crippen LogP contribution in [0.25, 0.3) is 0 Å². The lowest BCUT2D eigenvalue weighted by Crippen LogP contribution is -2.26. The van der Waals surface area contributed by atoms with E-state index in [1.165, 1.54) is 15.6 Å².